The van der Waals surface area contributed by atoms with E-state index in [4.69, 9.17) is 9.47 Å². The average Bonchev–Trinajstić information content (AvgIpc) is 2.88. The first-order chi connectivity index (χ1) is 10.4. The molecule has 2 saturated heterocycles. The number of hydrogen-bond acceptors (Lipinski definition) is 5. The summed E-state index contributed by atoms with van der Waals surface area (Å²) in [4.78, 5) is 4.02. The minimum Gasteiger partial charge on any atom is -0.492 e. The molecule has 1 spiro atoms. The molecule has 2 aliphatic rings. The van der Waals surface area contributed by atoms with E-state index in [-0.39, 0.29) is 11.5 Å². The molecule has 22 heavy (non-hydrogen) atoms. The smallest absolute Gasteiger partial charge is 0.216 e. The fourth-order valence-electron chi connectivity index (χ4n) is 3.03. The molecule has 3 heterocycles. The minimum atomic E-state index is -3.19. The largest absolute Gasteiger partial charge is 0.492 e. The number of aromatic nitrogens is 1. The predicted molar refractivity (Wildman–Crippen MR) is 82.2 cm³/mol. The lowest BCUT2D eigenvalue weighted by atomic mass is 9.83. The molecule has 2 fully saturated rings. The van der Waals surface area contributed by atoms with Crippen molar-refractivity contribution in [1.29, 1.82) is 0 Å². The summed E-state index contributed by atoms with van der Waals surface area (Å²) < 4.78 is 37.5. The normalized spacial score (nSPS) is 24.6. The van der Waals surface area contributed by atoms with Crippen molar-refractivity contribution >= 4 is 10.0 Å². The quantitative estimate of drug-likeness (QED) is 0.815. The van der Waals surface area contributed by atoms with Crippen LogP contribution in [0.1, 0.15) is 20.3 Å². The van der Waals surface area contributed by atoms with Crippen molar-refractivity contribution < 1.29 is 17.9 Å². The van der Waals surface area contributed by atoms with Gasteiger partial charge in [0.05, 0.1) is 18.1 Å². The Morgan fingerprint density at radius 2 is 2.27 bits per heavy atom. The van der Waals surface area contributed by atoms with E-state index in [1.54, 1.807) is 26.2 Å². The van der Waals surface area contributed by atoms with Gasteiger partial charge in [-0.15, -0.1) is 0 Å². The standard InChI is InChI=1S/C15H22N2O4S/c1-12(2)22(18,19)17-10-15(11-17)13(5-7-21-15)9-20-14-4-3-6-16-8-14/h3-4,6,8,12-13H,5,7,9-11H2,1-2H3/t13-/m0/s1. The highest BCUT2D eigenvalue weighted by Crippen LogP contribution is 2.41. The van der Waals surface area contributed by atoms with E-state index in [0.29, 0.717) is 26.3 Å². The molecule has 0 unspecified atom stereocenters. The Morgan fingerprint density at radius 1 is 1.50 bits per heavy atom. The third-order valence-corrected chi connectivity index (χ3v) is 6.70. The Balaban J connectivity index is 1.61. The first-order valence-electron chi connectivity index (χ1n) is 7.60. The molecule has 0 amide bonds. The third-order valence-electron chi connectivity index (χ3n) is 4.53. The van der Waals surface area contributed by atoms with Gasteiger partial charge in [0.15, 0.2) is 0 Å². The van der Waals surface area contributed by atoms with E-state index in [1.165, 1.54) is 4.31 Å². The van der Waals surface area contributed by atoms with Gasteiger partial charge < -0.3 is 9.47 Å². The van der Waals surface area contributed by atoms with Crippen LogP contribution in [-0.4, -0.2) is 54.9 Å². The Hall–Kier alpha value is -1.18. The highest BCUT2D eigenvalue weighted by molar-refractivity contribution is 7.89. The van der Waals surface area contributed by atoms with Crippen molar-refractivity contribution in [2.24, 2.45) is 5.92 Å². The number of pyridine rings is 1. The van der Waals surface area contributed by atoms with Gasteiger partial charge in [0.1, 0.15) is 11.4 Å². The second-order valence-corrected chi connectivity index (χ2v) is 8.75. The van der Waals surface area contributed by atoms with E-state index >= 15 is 0 Å². The van der Waals surface area contributed by atoms with Gasteiger partial charge in [0.25, 0.3) is 0 Å². The van der Waals surface area contributed by atoms with Crippen LogP contribution in [0, 0.1) is 5.92 Å². The van der Waals surface area contributed by atoms with Crippen LogP contribution in [0.2, 0.25) is 0 Å². The minimum absolute atomic E-state index is 0.214. The van der Waals surface area contributed by atoms with Crippen molar-refractivity contribution in [3.63, 3.8) is 0 Å². The summed E-state index contributed by atoms with van der Waals surface area (Å²) in [5, 5.41) is -0.392. The van der Waals surface area contributed by atoms with Crippen LogP contribution >= 0.6 is 0 Å². The lowest BCUT2D eigenvalue weighted by Crippen LogP contribution is -2.67. The molecule has 0 bridgehead atoms. The number of nitrogens with zero attached hydrogens (tertiary/aromatic N) is 2. The number of sulfonamides is 1. The topological polar surface area (TPSA) is 68.7 Å². The molecule has 2 aliphatic heterocycles. The Morgan fingerprint density at radius 3 is 2.91 bits per heavy atom. The zero-order valence-corrected chi connectivity index (χ0v) is 13.8. The maximum atomic E-state index is 12.2. The van der Waals surface area contributed by atoms with Crippen LogP contribution in [0.25, 0.3) is 0 Å². The van der Waals surface area contributed by atoms with Gasteiger partial charge in [-0.25, -0.2) is 8.42 Å². The summed E-state index contributed by atoms with van der Waals surface area (Å²) >= 11 is 0. The molecule has 6 nitrogen and oxygen atoms in total. The van der Waals surface area contributed by atoms with Crippen LogP contribution in [0.4, 0.5) is 0 Å². The summed E-state index contributed by atoms with van der Waals surface area (Å²) in [6.45, 7) is 5.48. The average molecular weight is 326 g/mol. The highest BCUT2D eigenvalue weighted by Gasteiger charge is 2.56. The van der Waals surface area contributed by atoms with Crippen LogP contribution in [0.15, 0.2) is 24.5 Å². The van der Waals surface area contributed by atoms with Gasteiger partial charge in [-0.1, -0.05) is 0 Å². The van der Waals surface area contributed by atoms with E-state index in [9.17, 15) is 8.42 Å². The van der Waals surface area contributed by atoms with Gasteiger partial charge in [-0.2, -0.15) is 4.31 Å². The molecule has 1 atom stereocenters. The Kier molecular flexibility index (Phi) is 4.13. The molecule has 0 N–H and O–H groups in total. The molecule has 1 aromatic rings. The molecule has 7 heteroatoms. The van der Waals surface area contributed by atoms with E-state index < -0.39 is 15.3 Å². The van der Waals surface area contributed by atoms with E-state index in [1.807, 2.05) is 12.1 Å². The first-order valence-corrected chi connectivity index (χ1v) is 9.10. The summed E-state index contributed by atoms with van der Waals surface area (Å²) in [5.41, 5.74) is -0.371. The zero-order valence-electron chi connectivity index (χ0n) is 12.9. The van der Waals surface area contributed by atoms with Gasteiger partial charge in [-0.3, -0.25) is 4.98 Å². The molecule has 0 radical (unpaired) electrons. The summed E-state index contributed by atoms with van der Waals surface area (Å²) in [5.74, 6) is 0.946. The first kappa shape index (κ1) is 15.7. The maximum absolute atomic E-state index is 12.2. The zero-order chi connectivity index (χ0) is 15.8. The second kappa shape index (κ2) is 5.79. The fraction of sp³-hybridized carbons (Fsp3) is 0.667. The van der Waals surface area contributed by atoms with Crippen LogP contribution in [-0.2, 0) is 14.8 Å². The number of rotatable bonds is 5. The van der Waals surface area contributed by atoms with Crippen molar-refractivity contribution in [1.82, 2.24) is 9.29 Å². The van der Waals surface area contributed by atoms with Crippen molar-refractivity contribution in [2.75, 3.05) is 26.3 Å². The molecule has 122 valence electrons. The van der Waals surface area contributed by atoms with Crippen LogP contribution < -0.4 is 4.74 Å². The van der Waals surface area contributed by atoms with Crippen molar-refractivity contribution in [3.05, 3.63) is 24.5 Å². The van der Waals surface area contributed by atoms with Crippen molar-refractivity contribution in [3.8, 4) is 5.75 Å². The molecule has 0 saturated carbocycles. The third kappa shape index (κ3) is 2.73. The molecule has 0 aromatic carbocycles. The fourth-order valence-corrected chi connectivity index (χ4v) is 4.42. The Bertz CT molecular complexity index is 612. The number of hydrogen-bond donors (Lipinski definition) is 0. The molecule has 1 aromatic heterocycles. The lowest BCUT2D eigenvalue weighted by molar-refractivity contribution is -0.107. The van der Waals surface area contributed by atoms with Gasteiger partial charge in [0, 0.05) is 31.8 Å². The SMILES string of the molecule is CC(C)S(=O)(=O)N1CC2(C1)OCC[C@H]2COc1cccnc1. The van der Waals surface area contributed by atoms with Gasteiger partial charge >= 0.3 is 0 Å². The highest BCUT2D eigenvalue weighted by atomic mass is 32.2. The summed E-state index contributed by atoms with van der Waals surface area (Å²) in [7, 11) is -3.19. The van der Waals surface area contributed by atoms with E-state index in [0.717, 1.165) is 12.2 Å². The van der Waals surface area contributed by atoms with E-state index in [2.05, 4.69) is 4.98 Å². The maximum Gasteiger partial charge on any atom is 0.216 e. The monoisotopic (exact) mass is 326 g/mol. The number of ether oxygens (including phenoxy) is 2. The predicted octanol–water partition coefficient (Wildman–Crippen LogP) is 1.29. The molecule has 0 aliphatic carbocycles. The van der Waals surface area contributed by atoms with Gasteiger partial charge in [0.2, 0.25) is 10.0 Å². The van der Waals surface area contributed by atoms with Crippen LogP contribution in [0.5, 0.6) is 5.75 Å². The molecular weight excluding hydrogens is 304 g/mol. The summed E-state index contributed by atoms with van der Waals surface area (Å²) in [6, 6.07) is 3.70. The van der Waals surface area contributed by atoms with Crippen molar-refractivity contribution in [2.45, 2.75) is 31.1 Å². The summed E-state index contributed by atoms with van der Waals surface area (Å²) in [6.07, 6.45) is 4.28. The lowest BCUT2D eigenvalue weighted by Gasteiger charge is -2.49. The second-order valence-electron chi connectivity index (χ2n) is 6.26. The Labute approximate surface area is 131 Å². The van der Waals surface area contributed by atoms with Gasteiger partial charge in [-0.05, 0) is 32.4 Å². The van der Waals surface area contributed by atoms with Crippen LogP contribution in [0.3, 0.4) is 0 Å². The molecular formula is C15H22N2O4S. The molecule has 3 rings (SSSR count).